The van der Waals surface area contributed by atoms with Crippen molar-refractivity contribution in [2.75, 3.05) is 5.73 Å². The van der Waals surface area contributed by atoms with E-state index in [1.165, 1.54) is 17.8 Å². The molecule has 8 heteroatoms. The smallest absolute Gasteiger partial charge is 0.253 e. The van der Waals surface area contributed by atoms with Gasteiger partial charge in [-0.2, -0.15) is 0 Å². The number of halogens is 1. The van der Waals surface area contributed by atoms with Crippen LogP contribution >= 0.6 is 23.4 Å². The Bertz CT molecular complexity index is 657. The molecule has 18 heavy (non-hydrogen) atoms. The Hall–Kier alpha value is -1.60. The minimum absolute atomic E-state index is 0.164. The van der Waals surface area contributed by atoms with Gasteiger partial charge in [-0.3, -0.25) is 4.79 Å². The number of H-pyrrole nitrogens is 1. The van der Waals surface area contributed by atoms with Crippen LogP contribution in [0.5, 0.6) is 0 Å². The van der Waals surface area contributed by atoms with Crippen molar-refractivity contribution in [2.45, 2.75) is 24.0 Å². The van der Waals surface area contributed by atoms with Gasteiger partial charge in [0.15, 0.2) is 10.3 Å². The summed E-state index contributed by atoms with van der Waals surface area (Å²) in [7, 11) is 0. The second-order valence-electron chi connectivity index (χ2n) is 3.62. The van der Waals surface area contributed by atoms with Gasteiger partial charge in [-0.1, -0.05) is 11.6 Å². The Balaban J connectivity index is 2.40. The first kappa shape index (κ1) is 12.8. The third kappa shape index (κ3) is 2.62. The number of hydrogen-bond acceptors (Lipinski definition) is 6. The lowest BCUT2D eigenvalue weighted by molar-refractivity contribution is 0.878. The van der Waals surface area contributed by atoms with Gasteiger partial charge in [0.2, 0.25) is 0 Å². The highest BCUT2D eigenvalue weighted by Crippen LogP contribution is 2.28. The number of hydrogen-bond donors (Lipinski definition) is 2. The summed E-state index contributed by atoms with van der Waals surface area (Å²) in [5.41, 5.74) is 6.94. The van der Waals surface area contributed by atoms with Gasteiger partial charge in [-0.25, -0.2) is 4.98 Å². The van der Waals surface area contributed by atoms with E-state index in [9.17, 15) is 4.79 Å². The molecule has 2 rings (SSSR count). The van der Waals surface area contributed by atoms with Crippen molar-refractivity contribution >= 4 is 29.2 Å². The molecule has 0 radical (unpaired) electrons. The fraction of sp³-hybridized carbons (Fsp3) is 0.200. The number of anilines is 1. The van der Waals surface area contributed by atoms with E-state index in [4.69, 9.17) is 17.3 Å². The quantitative estimate of drug-likeness (QED) is 0.812. The predicted molar refractivity (Wildman–Crippen MR) is 69.9 cm³/mol. The van der Waals surface area contributed by atoms with Gasteiger partial charge in [-0.15, -0.1) is 10.2 Å². The molecular weight excluding hydrogens is 274 g/mol. The summed E-state index contributed by atoms with van der Waals surface area (Å²) in [6.07, 6.45) is 0. The van der Waals surface area contributed by atoms with Gasteiger partial charge < -0.3 is 10.7 Å². The second kappa shape index (κ2) is 4.95. The molecule has 6 nitrogen and oxygen atoms in total. The first-order valence-electron chi connectivity index (χ1n) is 5.01. The molecular formula is C10H10ClN5OS. The number of nitrogens with one attached hydrogen (secondary N) is 1. The molecule has 0 aromatic carbocycles. The fourth-order valence-corrected chi connectivity index (χ4v) is 2.30. The van der Waals surface area contributed by atoms with Crippen molar-refractivity contribution in [3.8, 4) is 0 Å². The Morgan fingerprint density at radius 3 is 2.72 bits per heavy atom. The number of aromatic nitrogens is 4. The van der Waals surface area contributed by atoms with Crippen molar-refractivity contribution in [3.63, 3.8) is 0 Å². The third-order valence-electron chi connectivity index (χ3n) is 2.35. The summed E-state index contributed by atoms with van der Waals surface area (Å²) < 4.78 is 0. The van der Waals surface area contributed by atoms with Gasteiger partial charge in [0.25, 0.3) is 5.56 Å². The maximum absolute atomic E-state index is 11.3. The van der Waals surface area contributed by atoms with Gasteiger partial charge in [0.05, 0.1) is 0 Å². The van der Waals surface area contributed by atoms with Crippen molar-refractivity contribution in [3.05, 3.63) is 32.7 Å². The lowest BCUT2D eigenvalue weighted by atomic mass is 10.2. The monoisotopic (exact) mass is 283 g/mol. The molecule has 94 valence electrons. The van der Waals surface area contributed by atoms with E-state index in [1.54, 1.807) is 0 Å². The molecule has 0 amide bonds. The summed E-state index contributed by atoms with van der Waals surface area (Å²) in [5.74, 6) is 0.164. The van der Waals surface area contributed by atoms with Crippen molar-refractivity contribution < 1.29 is 0 Å². The van der Waals surface area contributed by atoms with Crippen molar-refractivity contribution in [2.24, 2.45) is 0 Å². The zero-order valence-corrected chi connectivity index (χ0v) is 11.3. The Morgan fingerprint density at radius 1 is 1.33 bits per heavy atom. The molecule has 0 unspecified atom stereocenters. The lowest BCUT2D eigenvalue weighted by Gasteiger charge is -2.06. The van der Waals surface area contributed by atoms with Gasteiger partial charge in [-0.05, 0) is 36.7 Å². The Morgan fingerprint density at radius 2 is 2.06 bits per heavy atom. The molecule has 2 aromatic rings. The highest BCUT2D eigenvalue weighted by Gasteiger charge is 2.11. The summed E-state index contributed by atoms with van der Waals surface area (Å²) in [5, 5.41) is 9.17. The molecule has 3 N–H and O–H groups in total. The van der Waals surface area contributed by atoms with Crippen LogP contribution in [0.3, 0.4) is 0 Å². The molecule has 0 atom stereocenters. The zero-order chi connectivity index (χ0) is 13.3. The first-order valence-corrected chi connectivity index (χ1v) is 6.21. The van der Waals surface area contributed by atoms with Crippen LogP contribution in [0, 0.1) is 13.8 Å². The summed E-state index contributed by atoms with van der Waals surface area (Å²) in [4.78, 5) is 17.8. The number of rotatable bonds is 2. The van der Waals surface area contributed by atoms with Gasteiger partial charge in [0, 0.05) is 6.07 Å². The number of aromatic amines is 1. The summed E-state index contributed by atoms with van der Waals surface area (Å²) >= 11 is 7.05. The second-order valence-corrected chi connectivity index (χ2v) is 4.96. The maximum Gasteiger partial charge on any atom is 0.253 e. The Labute approximate surface area is 112 Å². The topological polar surface area (TPSA) is 97.5 Å². The maximum atomic E-state index is 11.3. The molecule has 0 aliphatic heterocycles. The van der Waals surface area contributed by atoms with Gasteiger partial charge in [0.1, 0.15) is 10.8 Å². The zero-order valence-electron chi connectivity index (χ0n) is 9.69. The minimum Gasteiger partial charge on any atom is -0.383 e. The molecule has 0 fully saturated rings. The summed E-state index contributed by atoms with van der Waals surface area (Å²) in [6, 6.07) is 1.22. The highest BCUT2D eigenvalue weighted by molar-refractivity contribution is 7.99. The van der Waals surface area contributed by atoms with E-state index in [1.807, 2.05) is 13.8 Å². The van der Waals surface area contributed by atoms with Crippen LogP contribution in [-0.4, -0.2) is 20.2 Å². The van der Waals surface area contributed by atoms with Crippen LogP contribution in [0.1, 0.15) is 11.1 Å². The van der Waals surface area contributed by atoms with Crippen LogP contribution in [0.15, 0.2) is 21.0 Å². The summed E-state index contributed by atoms with van der Waals surface area (Å²) in [6.45, 7) is 3.73. The van der Waals surface area contributed by atoms with E-state index < -0.39 is 0 Å². The lowest BCUT2D eigenvalue weighted by Crippen LogP contribution is -2.09. The fourth-order valence-electron chi connectivity index (χ4n) is 1.24. The minimum atomic E-state index is -0.304. The molecule has 2 heterocycles. The SMILES string of the molecule is Cc1c(Cl)nnc(Sc2nc(N)cc(=O)[nH]2)c1C. The van der Waals surface area contributed by atoms with E-state index in [-0.39, 0.29) is 11.4 Å². The molecule has 0 spiro atoms. The predicted octanol–water partition coefficient (Wildman–Crippen LogP) is 1.56. The number of nitrogens with two attached hydrogens (primary N) is 1. The largest absolute Gasteiger partial charge is 0.383 e. The molecule has 0 aliphatic rings. The van der Waals surface area contributed by atoms with Gasteiger partial charge >= 0.3 is 0 Å². The highest BCUT2D eigenvalue weighted by atomic mass is 35.5. The van der Waals surface area contributed by atoms with Crippen LogP contribution in [0.2, 0.25) is 5.15 Å². The van der Waals surface area contributed by atoms with Crippen LogP contribution in [0.4, 0.5) is 5.82 Å². The van der Waals surface area contributed by atoms with Crippen LogP contribution in [-0.2, 0) is 0 Å². The molecule has 0 saturated carbocycles. The average molecular weight is 284 g/mol. The number of nitrogen functional groups attached to an aromatic ring is 1. The molecule has 0 saturated heterocycles. The van der Waals surface area contributed by atoms with E-state index in [2.05, 4.69) is 20.2 Å². The van der Waals surface area contributed by atoms with Crippen LogP contribution in [0.25, 0.3) is 0 Å². The first-order chi connectivity index (χ1) is 8.47. The number of nitrogens with zero attached hydrogens (tertiary/aromatic N) is 3. The Kier molecular flexibility index (Phi) is 3.53. The van der Waals surface area contributed by atoms with Crippen molar-refractivity contribution in [1.82, 2.24) is 20.2 Å². The average Bonchev–Trinajstić information content (AvgIpc) is 2.29. The van der Waals surface area contributed by atoms with E-state index in [0.29, 0.717) is 15.3 Å². The molecule has 0 aliphatic carbocycles. The molecule has 0 bridgehead atoms. The standard InChI is InChI=1S/C10H10ClN5OS/c1-4-5(2)9(16-15-8(4)11)18-10-13-6(12)3-7(17)14-10/h3H,1-2H3,(H3,12,13,14,17). The van der Waals surface area contributed by atoms with E-state index >= 15 is 0 Å². The van der Waals surface area contributed by atoms with Crippen LogP contribution < -0.4 is 11.3 Å². The van der Waals surface area contributed by atoms with Crippen molar-refractivity contribution in [1.29, 1.82) is 0 Å². The van der Waals surface area contributed by atoms with E-state index in [0.717, 1.165) is 11.1 Å². The molecule has 2 aromatic heterocycles. The third-order valence-corrected chi connectivity index (χ3v) is 3.68. The normalized spacial score (nSPS) is 10.6.